The van der Waals surface area contributed by atoms with Gasteiger partial charge in [-0.1, -0.05) is 34.5 Å². The SMILES string of the molecule is CC(C)(C)OC(=O)Nc1nc2ccc(-c3ccc(Cl)cc3Cl)nc2s1. The summed E-state index contributed by atoms with van der Waals surface area (Å²) in [6.07, 6.45) is -0.549. The minimum atomic E-state index is -0.572. The van der Waals surface area contributed by atoms with E-state index in [2.05, 4.69) is 15.3 Å². The first-order valence-corrected chi connectivity index (χ1v) is 9.01. The number of thiazole rings is 1. The molecule has 0 aliphatic carbocycles. The molecule has 3 aromatic rings. The minimum Gasteiger partial charge on any atom is -0.444 e. The van der Waals surface area contributed by atoms with Crippen LogP contribution in [0.2, 0.25) is 10.0 Å². The number of halogens is 2. The molecule has 0 saturated heterocycles. The van der Waals surface area contributed by atoms with Gasteiger partial charge in [0.2, 0.25) is 0 Å². The molecule has 5 nitrogen and oxygen atoms in total. The molecule has 1 amide bonds. The quantitative estimate of drug-likeness (QED) is 0.576. The van der Waals surface area contributed by atoms with Gasteiger partial charge in [-0.2, -0.15) is 0 Å². The highest BCUT2D eigenvalue weighted by molar-refractivity contribution is 7.21. The van der Waals surface area contributed by atoms with E-state index in [4.69, 9.17) is 27.9 Å². The zero-order chi connectivity index (χ0) is 18.2. The summed E-state index contributed by atoms with van der Waals surface area (Å²) in [5.41, 5.74) is 1.60. The Hall–Kier alpha value is -1.89. The van der Waals surface area contributed by atoms with Crippen LogP contribution in [0.25, 0.3) is 21.6 Å². The second-order valence-electron chi connectivity index (χ2n) is 6.29. The lowest BCUT2D eigenvalue weighted by Gasteiger charge is -2.18. The van der Waals surface area contributed by atoms with Crippen LogP contribution in [-0.4, -0.2) is 21.7 Å². The molecule has 0 saturated carbocycles. The van der Waals surface area contributed by atoms with Crippen molar-refractivity contribution in [3.05, 3.63) is 40.4 Å². The molecule has 130 valence electrons. The van der Waals surface area contributed by atoms with Gasteiger partial charge in [0.25, 0.3) is 0 Å². The number of benzene rings is 1. The Morgan fingerprint density at radius 2 is 1.92 bits per heavy atom. The van der Waals surface area contributed by atoms with Gasteiger partial charge in [-0.15, -0.1) is 0 Å². The number of anilines is 1. The Morgan fingerprint density at radius 3 is 2.60 bits per heavy atom. The maximum Gasteiger partial charge on any atom is 0.413 e. The number of nitrogens with zero attached hydrogens (tertiary/aromatic N) is 2. The highest BCUT2D eigenvalue weighted by atomic mass is 35.5. The number of hydrogen-bond donors (Lipinski definition) is 1. The molecule has 0 unspecified atom stereocenters. The summed E-state index contributed by atoms with van der Waals surface area (Å²) < 4.78 is 5.22. The summed E-state index contributed by atoms with van der Waals surface area (Å²) in [4.78, 5) is 21.5. The maximum absolute atomic E-state index is 11.9. The summed E-state index contributed by atoms with van der Waals surface area (Å²) in [5, 5.41) is 4.15. The molecule has 0 spiro atoms. The first-order valence-electron chi connectivity index (χ1n) is 7.44. The van der Waals surface area contributed by atoms with Gasteiger partial charge in [0.15, 0.2) is 5.13 Å². The van der Waals surface area contributed by atoms with Gasteiger partial charge >= 0.3 is 6.09 Å². The van der Waals surface area contributed by atoms with E-state index in [1.165, 1.54) is 11.3 Å². The Kier molecular flexibility index (Phi) is 4.86. The van der Waals surface area contributed by atoms with Crippen molar-refractivity contribution in [2.45, 2.75) is 26.4 Å². The Morgan fingerprint density at radius 1 is 1.16 bits per heavy atom. The summed E-state index contributed by atoms with van der Waals surface area (Å²) in [7, 11) is 0. The van der Waals surface area contributed by atoms with Crippen molar-refractivity contribution < 1.29 is 9.53 Å². The standard InChI is InChI=1S/C17H15Cl2N3O2S/c1-17(2,3)24-16(23)22-15-21-13-7-6-12(20-14(13)25-15)10-5-4-9(18)8-11(10)19/h4-8H,1-3H3,(H,21,22,23). The largest absolute Gasteiger partial charge is 0.444 e. The topological polar surface area (TPSA) is 64.1 Å². The second-order valence-corrected chi connectivity index (χ2v) is 8.11. The molecular weight excluding hydrogens is 381 g/mol. The fourth-order valence-corrected chi connectivity index (χ4v) is 3.44. The van der Waals surface area contributed by atoms with Gasteiger partial charge in [-0.05, 0) is 51.1 Å². The number of ether oxygens (including phenoxy) is 1. The molecule has 1 aromatic carbocycles. The number of carbonyl (C=O) groups is 1. The smallest absolute Gasteiger partial charge is 0.413 e. The Labute approximate surface area is 159 Å². The van der Waals surface area contributed by atoms with Gasteiger partial charge in [-0.3, -0.25) is 5.32 Å². The number of hydrogen-bond acceptors (Lipinski definition) is 5. The van der Waals surface area contributed by atoms with E-state index in [0.29, 0.717) is 31.2 Å². The first-order chi connectivity index (χ1) is 11.7. The third kappa shape index (κ3) is 4.39. The summed E-state index contributed by atoms with van der Waals surface area (Å²) in [5.74, 6) is 0. The lowest BCUT2D eigenvalue weighted by molar-refractivity contribution is 0.0636. The van der Waals surface area contributed by atoms with Gasteiger partial charge in [0.1, 0.15) is 15.9 Å². The molecule has 2 heterocycles. The number of nitrogens with one attached hydrogen (secondary N) is 1. The predicted molar refractivity (Wildman–Crippen MR) is 103 cm³/mol. The monoisotopic (exact) mass is 395 g/mol. The second kappa shape index (κ2) is 6.78. The normalized spacial score (nSPS) is 11.6. The van der Waals surface area contributed by atoms with Crippen LogP contribution in [0.1, 0.15) is 20.8 Å². The molecule has 0 fully saturated rings. The van der Waals surface area contributed by atoms with Gasteiger partial charge < -0.3 is 4.74 Å². The van der Waals surface area contributed by atoms with Crippen molar-refractivity contribution >= 4 is 56.1 Å². The van der Waals surface area contributed by atoms with E-state index >= 15 is 0 Å². The summed E-state index contributed by atoms with van der Waals surface area (Å²) >= 11 is 13.4. The molecule has 0 atom stereocenters. The predicted octanol–water partition coefficient (Wildman–Crippen LogP) is 6.01. The number of pyridine rings is 1. The third-order valence-corrected chi connectivity index (χ3v) is 4.50. The van der Waals surface area contributed by atoms with Crippen LogP contribution in [0.4, 0.5) is 9.93 Å². The van der Waals surface area contributed by atoms with E-state index in [-0.39, 0.29) is 0 Å². The zero-order valence-electron chi connectivity index (χ0n) is 13.8. The van der Waals surface area contributed by atoms with E-state index in [0.717, 1.165) is 5.56 Å². The number of carbonyl (C=O) groups excluding carboxylic acids is 1. The average Bonchev–Trinajstić information content (AvgIpc) is 2.86. The molecule has 0 radical (unpaired) electrons. The number of amides is 1. The van der Waals surface area contributed by atoms with Crippen LogP contribution in [0, 0.1) is 0 Å². The third-order valence-electron chi connectivity index (χ3n) is 3.07. The van der Waals surface area contributed by atoms with Crippen LogP contribution < -0.4 is 5.32 Å². The number of fused-ring (bicyclic) bond motifs is 1. The molecular formula is C17H15Cl2N3O2S. The van der Waals surface area contributed by atoms with Crippen LogP contribution in [0.5, 0.6) is 0 Å². The fourth-order valence-electron chi connectivity index (χ4n) is 2.11. The molecule has 0 aliphatic rings. The van der Waals surface area contributed by atoms with E-state index in [1.807, 2.05) is 18.2 Å². The van der Waals surface area contributed by atoms with Crippen molar-refractivity contribution in [2.75, 3.05) is 5.32 Å². The molecule has 8 heteroatoms. The molecule has 0 bridgehead atoms. The first kappa shape index (κ1) is 17.9. The Balaban J connectivity index is 1.88. The Bertz CT molecular complexity index is 951. The van der Waals surface area contributed by atoms with Crippen LogP contribution in [0.3, 0.4) is 0 Å². The minimum absolute atomic E-state index is 0.427. The van der Waals surface area contributed by atoms with Gasteiger partial charge in [-0.25, -0.2) is 14.8 Å². The maximum atomic E-state index is 11.9. The average molecular weight is 396 g/mol. The fraction of sp³-hybridized carbons (Fsp3) is 0.235. The molecule has 1 N–H and O–H groups in total. The van der Waals surface area contributed by atoms with E-state index in [1.54, 1.807) is 32.9 Å². The lowest BCUT2D eigenvalue weighted by Crippen LogP contribution is -2.27. The number of aromatic nitrogens is 2. The van der Waals surface area contributed by atoms with Gasteiger partial charge in [0.05, 0.1) is 10.7 Å². The van der Waals surface area contributed by atoms with Crippen molar-refractivity contribution in [1.29, 1.82) is 0 Å². The van der Waals surface area contributed by atoms with Crippen molar-refractivity contribution in [1.82, 2.24) is 9.97 Å². The van der Waals surface area contributed by atoms with Crippen LogP contribution in [0.15, 0.2) is 30.3 Å². The molecule has 0 aliphatic heterocycles. The molecule has 2 aromatic heterocycles. The molecule has 25 heavy (non-hydrogen) atoms. The van der Waals surface area contributed by atoms with Crippen molar-refractivity contribution in [2.24, 2.45) is 0 Å². The summed E-state index contributed by atoms with van der Waals surface area (Å²) in [6, 6.07) is 8.91. The lowest BCUT2D eigenvalue weighted by atomic mass is 10.1. The zero-order valence-corrected chi connectivity index (χ0v) is 16.1. The summed E-state index contributed by atoms with van der Waals surface area (Å²) in [6.45, 7) is 5.40. The van der Waals surface area contributed by atoms with E-state index < -0.39 is 11.7 Å². The highest BCUT2D eigenvalue weighted by Gasteiger charge is 2.18. The van der Waals surface area contributed by atoms with Gasteiger partial charge in [0, 0.05) is 10.6 Å². The van der Waals surface area contributed by atoms with Crippen molar-refractivity contribution in [3.63, 3.8) is 0 Å². The molecule has 3 rings (SSSR count). The van der Waals surface area contributed by atoms with Crippen LogP contribution in [-0.2, 0) is 4.74 Å². The van der Waals surface area contributed by atoms with E-state index in [9.17, 15) is 4.79 Å². The highest BCUT2D eigenvalue weighted by Crippen LogP contribution is 2.32. The number of rotatable bonds is 2. The van der Waals surface area contributed by atoms with Crippen LogP contribution >= 0.6 is 34.5 Å². The van der Waals surface area contributed by atoms with Crippen molar-refractivity contribution in [3.8, 4) is 11.3 Å².